The van der Waals surface area contributed by atoms with Gasteiger partial charge in [0.25, 0.3) is 0 Å². The quantitative estimate of drug-likeness (QED) is 0.388. The van der Waals surface area contributed by atoms with Crippen molar-refractivity contribution < 1.29 is 59.4 Å². The van der Waals surface area contributed by atoms with E-state index in [4.69, 9.17) is 0 Å². The van der Waals surface area contributed by atoms with E-state index in [1.165, 1.54) is 0 Å². The van der Waals surface area contributed by atoms with Gasteiger partial charge in [-0.2, -0.15) is 42.6 Å². The summed E-state index contributed by atoms with van der Waals surface area (Å²) in [6, 6.07) is 0. The van der Waals surface area contributed by atoms with E-state index in [1.807, 2.05) is 4.18 Å². The molecule has 0 heterocycles. The lowest BCUT2D eigenvalue weighted by Gasteiger charge is -2.10. The summed E-state index contributed by atoms with van der Waals surface area (Å²) in [4.78, 5) is 0. The summed E-state index contributed by atoms with van der Waals surface area (Å²) in [5, 5.41) is 0. The van der Waals surface area contributed by atoms with Gasteiger partial charge < -0.3 is 0 Å². The number of hydrogen-bond donors (Lipinski definition) is 0. The Morgan fingerprint density at radius 3 is 1.32 bits per heavy atom. The summed E-state index contributed by atoms with van der Waals surface area (Å²) in [5.74, 6) is 0. The molecular weight excluding hydrogens is 362 g/mol. The molecule has 0 saturated carbocycles. The summed E-state index contributed by atoms with van der Waals surface area (Å²) >= 11 is 0. The lowest BCUT2D eigenvalue weighted by Crippen LogP contribution is -2.33. The molecule has 0 aliphatic rings. The zero-order valence-electron chi connectivity index (χ0n) is 7.76. The molecule has 0 unspecified atom stereocenters. The van der Waals surface area contributed by atoms with Crippen molar-refractivity contribution in [3.8, 4) is 0 Å². The highest BCUT2D eigenvalue weighted by atomic mass is 33.2. The minimum Gasteiger partial charge on any atom is -0.188 e. The molecular formula is C2F6O8S3. The van der Waals surface area contributed by atoms with Crippen LogP contribution in [0.1, 0.15) is 0 Å². The predicted octanol–water partition coefficient (Wildman–Crippen LogP) is -0.0364. The van der Waals surface area contributed by atoms with Crippen LogP contribution < -0.4 is 0 Å². The lowest BCUT2D eigenvalue weighted by atomic mass is 11.4. The van der Waals surface area contributed by atoms with E-state index in [9.17, 15) is 51.6 Å². The molecule has 0 bridgehead atoms. The molecule has 0 spiro atoms. The molecule has 0 fully saturated rings. The van der Waals surface area contributed by atoms with E-state index in [1.54, 1.807) is 0 Å². The fourth-order valence-corrected chi connectivity index (χ4v) is 3.86. The summed E-state index contributed by atoms with van der Waals surface area (Å²) in [6.45, 7) is 0. The standard InChI is InChI=1S/C2F6O8S3/c3-1(4,5)15-18(11,12)19(13,14)16-17(9,10)2(6,7)8. The first kappa shape index (κ1) is 18.4. The van der Waals surface area contributed by atoms with Crippen molar-refractivity contribution in [2.45, 2.75) is 11.9 Å². The van der Waals surface area contributed by atoms with Crippen LogP contribution in [0.5, 0.6) is 0 Å². The maximum absolute atomic E-state index is 11.7. The molecule has 0 aliphatic heterocycles. The second-order valence-corrected chi connectivity index (χ2v) is 8.48. The predicted molar refractivity (Wildman–Crippen MR) is 41.0 cm³/mol. The van der Waals surface area contributed by atoms with Crippen molar-refractivity contribution >= 4 is 28.4 Å². The van der Waals surface area contributed by atoms with Crippen LogP contribution in [-0.4, -0.2) is 37.1 Å². The molecule has 0 amide bonds. The van der Waals surface area contributed by atoms with Crippen LogP contribution in [0.4, 0.5) is 26.3 Å². The average molecular weight is 362 g/mol. The van der Waals surface area contributed by atoms with Crippen LogP contribution in [0.25, 0.3) is 0 Å². The zero-order valence-corrected chi connectivity index (χ0v) is 10.2. The van der Waals surface area contributed by atoms with Gasteiger partial charge in [0.1, 0.15) is 0 Å². The highest BCUT2D eigenvalue weighted by Gasteiger charge is 2.55. The summed E-state index contributed by atoms with van der Waals surface area (Å²) in [7, 11) is -20.8. The molecule has 0 aliphatic carbocycles. The van der Waals surface area contributed by atoms with Gasteiger partial charge >= 0.3 is 40.3 Å². The Morgan fingerprint density at radius 1 is 0.684 bits per heavy atom. The molecule has 0 N–H and O–H groups in total. The Morgan fingerprint density at radius 2 is 1.05 bits per heavy atom. The van der Waals surface area contributed by atoms with Crippen molar-refractivity contribution in [2.75, 3.05) is 0 Å². The third-order valence-electron chi connectivity index (χ3n) is 0.903. The highest BCUT2D eigenvalue weighted by molar-refractivity contribution is 8.64. The van der Waals surface area contributed by atoms with Crippen molar-refractivity contribution in [1.29, 1.82) is 0 Å². The molecule has 0 radical (unpaired) electrons. The van der Waals surface area contributed by atoms with E-state index in [-0.39, 0.29) is 0 Å². The van der Waals surface area contributed by atoms with Gasteiger partial charge in [0.15, 0.2) is 0 Å². The minimum atomic E-state index is -7.01. The molecule has 19 heavy (non-hydrogen) atoms. The van der Waals surface area contributed by atoms with Crippen LogP contribution in [0.3, 0.4) is 0 Å². The third-order valence-corrected chi connectivity index (χ3v) is 5.95. The van der Waals surface area contributed by atoms with Crippen LogP contribution >= 0.6 is 0 Å². The Labute approximate surface area is 100 Å². The van der Waals surface area contributed by atoms with Crippen LogP contribution in [0, 0.1) is 0 Å². The first-order valence-electron chi connectivity index (χ1n) is 3.21. The van der Waals surface area contributed by atoms with Gasteiger partial charge in [-0.1, -0.05) is 0 Å². The van der Waals surface area contributed by atoms with Gasteiger partial charge in [-0.05, 0) is 0 Å². The minimum absolute atomic E-state index is 1.98. The van der Waals surface area contributed by atoms with E-state index >= 15 is 0 Å². The van der Waals surface area contributed by atoms with Gasteiger partial charge in [-0.15, -0.1) is 16.8 Å². The average Bonchev–Trinajstić information content (AvgIpc) is 1.92. The maximum atomic E-state index is 11.7. The van der Waals surface area contributed by atoms with Gasteiger partial charge in [-0.25, -0.2) is 0 Å². The number of rotatable bonds is 4. The topological polar surface area (TPSA) is 121 Å². The number of alkyl halides is 6. The Balaban J connectivity index is 5.59. The summed E-state index contributed by atoms with van der Waals surface area (Å²) in [5.41, 5.74) is -6.38. The van der Waals surface area contributed by atoms with Crippen molar-refractivity contribution in [2.24, 2.45) is 0 Å². The van der Waals surface area contributed by atoms with Crippen molar-refractivity contribution in [1.82, 2.24) is 0 Å². The zero-order chi connectivity index (χ0) is 15.9. The van der Waals surface area contributed by atoms with Gasteiger partial charge in [0.2, 0.25) is 0 Å². The second kappa shape index (κ2) is 4.72. The Kier molecular flexibility index (Phi) is 4.56. The normalized spacial score (nSPS) is 15.5. The SMILES string of the molecule is O=S(=O)(OS(=O)(=O)S(=O)(=O)OC(F)(F)F)C(F)(F)F. The monoisotopic (exact) mass is 362 g/mol. The Bertz CT molecular complexity index is 632. The highest BCUT2D eigenvalue weighted by Crippen LogP contribution is 2.29. The van der Waals surface area contributed by atoms with Gasteiger partial charge in [0, 0.05) is 0 Å². The molecule has 0 atom stereocenters. The molecule has 0 aromatic carbocycles. The summed E-state index contributed by atoms with van der Waals surface area (Å²) < 4.78 is 136. The maximum Gasteiger partial charge on any atom is 0.538 e. The summed E-state index contributed by atoms with van der Waals surface area (Å²) in [6.07, 6.45) is -6.13. The van der Waals surface area contributed by atoms with Gasteiger partial charge in [-0.3, -0.25) is 0 Å². The van der Waals surface area contributed by atoms with E-state index in [2.05, 4.69) is 3.63 Å². The molecule has 0 aromatic heterocycles. The fourth-order valence-electron chi connectivity index (χ4n) is 0.340. The van der Waals surface area contributed by atoms with Crippen LogP contribution in [-0.2, 0) is 36.2 Å². The molecule has 0 aromatic rings. The molecule has 116 valence electrons. The second-order valence-electron chi connectivity index (χ2n) is 2.31. The number of hydrogen-bond acceptors (Lipinski definition) is 8. The molecule has 0 saturated heterocycles. The first-order chi connectivity index (χ1) is 7.91. The molecule has 0 rings (SSSR count). The van der Waals surface area contributed by atoms with Crippen LogP contribution in [0.15, 0.2) is 0 Å². The molecule has 17 heteroatoms. The smallest absolute Gasteiger partial charge is 0.188 e. The van der Waals surface area contributed by atoms with E-state index in [0.717, 1.165) is 0 Å². The van der Waals surface area contributed by atoms with Crippen LogP contribution in [0.2, 0.25) is 0 Å². The number of halogens is 6. The Hall–Kier alpha value is -0.650. The first-order valence-corrected chi connectivity index (χ1v) is 7.95. The molecule has 8 nitrogen and oxygen atoms in total. The lowest BCUT2D eigenvalue weighted by molar-refractivity contribution is -0.270. The van der Waals surface area contributed by atoms with E-state index < -0.39 is 40.3 Å². The fraction of sp³-hybridized carbons (Fsp3) is 1.00. The van der Waals surface area contributed by atoms with Crippen molar-refractivity contribution in [3.63, 3.8) is 0 Å². The van der Waals surface area contributed by atoms with E-state index in [0.29, 0.717) is 0 Å². The largest absolute Gasteiger partial charge is 0.538 e. The van der Waals surface area contributed by atoms with Crippen molar-refractivity contribution in [3.05, 3.63) is 0 Å². The van der Waals surface area contributed by atoms with Gasteiger partial charge in [0.05, 0.1) is 0 Å². The third kappa shape index (κ3) is 4.75.